The number of aryl methyl sites for hydroxylation is 3. The van der Waals surface area contributed by atoms with Crippen LogP contribution in [0.1, 0.15) is 43.8 Å². The minimum Gasteiger partial charge on any atom is -0.356 e. The Morgan fingerprint density at radius 2 is 2.03 bits per heavy atom. The average molecular weight is 410 g/mol. The van der Waals surface area contributed by atoms with E-state index in [1.54, 1.807) is 16.7 Å². The smallest absolute Gasteiger partial charge is 0.345 e. The maximum Gasteiger partial charge on any atom is 0.345 e. The summed E-state index contributed by atoms with van der Waals surface area (Å²) in [6.45, 7) is 1.75. The number of fused-ring (bicyclic) bond motifs is 2. The van der Waals surface area contributed by atoms with Crippen molar-refractivity contribution in [1.29, 1.82) is 0 Å². The second kappa shape index (κ2) is 9.06. The average Bonchev–Trinajstić information content (AvgIpc) is 3.07. The summed E-state index contributed by atoms with van der Waals surface area (Å²) >= 11 is 0. The molecule has 0 atom stereocenters. The third-order valence-corrected chi connectivity index (χ3v) is 5.38. The Morgan fingerprint density at radius 1 is 1.17 bits per heavy atom. The number of benzene rings is 1. The van der Waals surface area contributed by atoms with Crippen LogP contribution in [-0.2, 0) is 30.7 Å². The van der Waals surface area contributed by atoms with Gasteiger partial charge in [-0.25, -0.2) is 14.5 Å². The fourth-order valence-corrected chi connectivity index (χ4v) is 3.81. The molecule has 1 aliphatic rings. The highest BCUT2D eigenvalue weighted by molar-refractivity contribution is 5.77. The number of carbonyl (C=O) groups is 1. The van der Waals surface area contributed by atoms with Crippen molar-refractivity contribution in [1.82, 2.24) is 29.6 Å². The van der Waals surface area contributed by atoms with Gasteiger partial charge in [0.05, 0.1) is 10.9 Å². The molecule has 0 saturated heterocycles. The summed E-state index contributed by atoms with van der Waals surface area (Å²) < 4.78 is 3.27. The molecule has 0 aliphatic carbocycles. The lowest BCUT2D eigenvalue weighted by atomic mass is 10.2. The van der Waals surface area contributed by atoms with Crippen molar-refractivity contribution in [2.75, 3.05) is 6.54 Å². The van der Waals surface area contributed by atoms with Crippen LogP contribution in [0, 0.1) is 0 Å². The second-order valence-electron chi connectivity index (χ2n) is 7.62. The molecular weight excluding hydrogens is 384 g/mol. The number of aromatic nitrogens is 5. The third kappa shape index (κ3) is 4.50. The predicted octanol–water partition coefficient (Wildman–Crippen LogP) is 1.15. The maximum atomic E-state index is 12.3. The van der Waals surface area contributed by atoms with E-state index in [-0.39, 0.29) is 17.2 Å². The van der Waals surface area contributed by atoms with E-state index in [2.05, 4.69) is 20.4 Å². The molecule has 9 nitrogen and oxygen atoms in total. The van der Waals surface area contributed by atoms with Crippen molar-refractivity contribution in [2.45, 2.75) is 58.0 Å². The molecule has 2 aromatic heterocycles. The molecule has 1 aromatic carbocycles. The van der Waals surface area contributed by atoms with Crippen molar-refractivity contribution in [3.8, 4) is 0 Å². The van der Waals surface area contributed by atoms with Crippen LogP contribution in [0.3, 0.4) is 0 Å². The SMILES string of the molecule is O=C(CCCc1nc2ccccc2c(=O)[nH]1)NCCCn1nc2n(c1=O)CCCC2. The van der Waals surface area contributed by atoms with Crippen molar-refractivity contribution in [3.63, 3.8) is 0 Å². The zero-order chi connectivity index (χ0) is 20.9. The molecule has 9 heteroatoms. The summed E-state index contributed by atoms with van der Waals surface area (Å²) in [6, 6.07) is 7.20. The van der Waals surface area contributed by atoms with Crippen molar-refractivity contribution in [2.24, 2.45) is 0 Å². The van der Waals surface area contributed by atoms with E-state index in [0.717, 1.165) is 31.6 Å². The zero-order valence-corrected chi connectivity index (χ0v) is 16.9. The van der Waals surface area contributed by atoms with E-state index in [1.807, 2.05) is 12.1 Å². The maximum absolute atomic E-state index is 12.3. The number of aromatic amines is 1. The van der Waals surface area contributed by atoms with Crippen LogP contribution < -0.4 is 16.6 Å². The Morgan fingerprint density at radius 3 is 2.90 bits per heavy atom. The standard InChI is InChI=1S/C21H26N6O3/c28-19(11-5-9-17-23-16-8-2-1-7-15(16)20(29)24-17)22-12-6-14-27-21(30)26-13-4-3-10-18(26)25-27/h1-2,7-8H,3-6,9-14H2,(H,22,28)(H,23,24,29). The number of nitrogens with zero attached hydrogens (tertiary/aromatic N) is 4. The first-order valence-electron chi connectivity index (χ1n) is 10.5. The van der Waals surface area contributed by atoms with Crippen LogP contribution in [0.5, 0.6) is 0 Å². The number of H-pyrrole nitrogens is 1. The molecule has 0 saturated carbocycles. The summed E-state index contributed by atoms with van der Waals surface area (Å²) in [5.74, 6) is 1.42. The molecule has 2 N–H and O–H groups in total. The highest BCUT2D eigenvalue weighted by atomic mass is 16.2. The van der Waals surface area contributed by atoms with Crippen LogP contribution >= 0.6 is 0 Å². The minimum absolute atomic E-state index is 0.0467. The van der Waals surface area contributed by atoms with E-state index < -0.39 is 0 Å². The number of hydrogen-bond acceptors (Lipinski definition) is 5. The number of para-hydroxylation sites is 1. The molecule has 1 amide bonds. The first-order chi connectivity index (χ1) is 14.6. The van der Waals surface area contributed by atoms with Gasteiger partial charge in [-0.2, -0.15) is 5.10 Å². The Labute approximate surface area is 173 Å². The van der Waals surface area contributed by atoms with Gasteiger partial charge in [-0.15, -0.1) is 0 Å². The van der Waals surface area contributed by atoms with Crippen LogP contribution in [0.15, 0.2) is 33.9 Å². The molecule has 3 aromatic rings. The lowest BCUT2D eigenvalue weighted by Gasteiger charge is -2.09. The lowest BCUT2D eigenvalue weighted by molar-refractivity contribution is -0.121. The van der Waals surface area contributed by atoms with Crippen LogP contribution in [0.2, 0.25) is 0 Å². The van der Waals surface area contributed by atoms with Gasteiger partial charge in [0, 0.05) is 38.9 Å². The van der Waals surface area contributed by atoms with Crippen molar-refractivity contribution >= 4 is 16.8 Å². The van der Waals surface area contributed by atoms with Crippen LogP contribution in [-0.4, -0.2) is 36.8 Å². The second-order valence-corrected chi connectivity index (χ2v) is 7.62. The molecular formula is C21H26N6O3. The van der Waals surface area contributed by atoms with E-state index in [4.69, 9.17) is 0 Å². The third-order valence-electron chi connectivity index (χ3n) is 5.38. The molecule has 0 fully saturated rings. The van der Waals surface area contributed by atoms with Gasteiger partial charge in [0.15, 0.2) is 0 Å². The summed E-state index contributed by atoms with van der Waals surface area (Å²) in [4.78, 5) is 43.6. The first kappa shape index (κ1) is 20.1. The normalized spacial score (nSPS) is 13.3. The quantitative estimate of drug-likeness (QED) is 0.541. The highest BCUT2D eigenvalue weighted by Crippen LogP contribution is 2.09. The van der Waals surface area contributed by atoms with Gasteiger partial charge >= 0.3 is 5.69 Å². The monoisotopic (exact) mass is 410 g/mol. The Bertz CT molecular complexity index is 1160. The number of rotatable bonds is 8. The molecule has 0 spiro atoms. The number of carbonyl (C=O) groups excluding carboxylic acids is 1. The van der Waals surface area contributed by atoms with Gasteiger partial charge < -0.3 is 10.3 Å². The largest absolute Gasteiger partial charge is 0.356 e. The van der Waals surface area contributed by atoms with Crippen molar-refractivity contribution < 1.29 is 4.79 Å². The first-order valence-corrected chi connectivity index (χ1v) is 10.5. The molecule has 158 valence electrons. The van der Waals surface area contributed by atoms with Gasteiger partial charge in [0.1, 0.15) is 11.6 Å². The van der Waals surface area contributed by atoms with Gasteiger partial charge in [-0.05, 0) is 37.8 Å². The Balaban J connectivity index is 1.19. The highest BCUT2D eigenvalue weighted by Gasteiger charge is 2.16. The predicted molar refractivity (Wildman–Crippen MR) is 112 cm³/mol. The van der Waals surface area contributed by atoms with E-state index >= 15 is 0 Å². The molecule has 30 heavy (non-hydrogen) atoms. The number of amides is 1. The molecule has 4 rings (SSSR count). The summed E-state index contributed by atoms with van der Waals surface area (Å²) in [7, 11) is 0. The molecule has 0 unspecified atom stereocenters. The topological polar surface area (TPSA) is 115 Å². The fourth-order valence-electron chi connectivity index (χ4n) is 3.81. The zero-order valence-electron chi connectivity index (χ0n) is 16.9. The van der Waals surface area contributed by atoms with E-state index in [9.17, 15) is 14.4 Å². The summed E-state index contributed by atoms with van der Waals surface area (Å²) in [5.41, 5.74) is 0.459. The summed E-state index contributed by atoms with van der Waals surface area (Å²) in [5, 5.41) is 7.84. The minimum atomic E-state index is -0.156. The van der Waals surface area contributed by atoms with Gasteiger partial charge in [-0.1, -0.05) is 12.1 Å². The lowest BCUT2D eigenvalue weighted by Crippen LogP contribution is -2.29. The Kier molecular flexibility index (Phi) is 6.06. The number of hydrogen-bond donors (Lipinski definition) is 2. The van der Waals surface area contributed by atoms with Crippen LogP contribution in [0.25, 0.3) is 10.9 Å². The summed E-state index contributed by atoms with van der Waals surface area (Å²) in [6.07, 6.45) is 5.10. The van der Waals surface area contributed by atoms with E-state index in [1.165, 1.54) is 4.68 Å². The van der Waals surface area contributed by atoms with E-state index in [0.29, 0.717) is 55.5 Å². The molecule has 1 aliphatic heterocycles. The van der Waals surface area contributed by atoms with Gasteiger partial charge in [0.25, 0.3) is 5.56 Å². The molecule has 0 bridgehead atoms. The fraction of sp³-hybridized carbons (Fsp3) is 0.476. The molecule has 3 heterocycles. The van der Waals surface area contributed by atoms with Gasteiger partial charge in [-0.3, -0.25) is 14.2 Å². The van der Waals surface area contributed by atoms with Crippen molar-refractivity contribution in [3.05, 3.63) is 56.8 Å². The van der Waals surface area contributed by atoms with Gasteiger partial charge in [0.2, 0.25) is 5.91 Å². The Hall–Kier alpha value is -3.23. The molecule has 0 radical (unpaired) electrons. The number of nitrogens with one attached hydrogen (secondary N) is 2. The van der Waals surface area contributed by atoms with Crippen LogP contribution in [0.4, 0.5) is 0 Å².